The number of phosphoric acid groups is 2. The van der Waals surface area contributed by atoms with Crippen LogP contribution in [0.5, 0.6) is 0 Å². The second-order valence-electron chi connectivity index (χ2n) is 14.0. The molecule has 0 spiro atoms. The molecule has 0 aromatic rings. The molecule has 0 aromatic carbocycles. The van der Waals surface area contributed by atoms with Crippen LogP contribution in [0.4, 0.5) is 0 Å². The minimum absolute atomic E-state index is 0.0595. The van der Waals surface area contributed by atoms with Crippen LogP contribution in [0.15, 0.2) is 85.1 Å². The number of allylic oxidation sites excluding steroid dienone is 14. The van der Waals surface area contributed by atoms with Crippen molar-refractivity contribution in [3.05, 3.63) is 85.1 Å². The molecule has 60 heavy (non-hydrogen) atoms. The number of aliphatic hydroxyl groups is 2. The zero-order chi connectivity index (χ0) is 44.6. The molecule has 0 aliphatic carbocycles. The van der Waals surface area contributed by atoms with Crippen molar-refractivity contribution >= 4 is 27.6 Å². The van der Waals surface area contributed by atoms with Crippen LogP contribution in [0.3, 0.4) is 0 Å². The standard InChI is InChI=1S/C44H74O14P2/c1-3-5-6-7-8-9-10-11-12-17-20-23-26-29-32-35-44(48)58-42(39-57-60(52,53)56-37-41(46)36-55-59(49,50)51)38-54-43(47)34-31-28-25-22-19-16-14-13-15-18-21-24-27-30-33-40(45)4-2/h8-9,11-12,14-16,18,20,22-25,27,40-42,45-46H,3-7,10,13,17,19,21,26,28-39H2,1-2H3,(H,52,53)(H2,49,50,51)/b9-8-,12-11-,16-14-,18-15-,23-20-,25-22-,27-24-/t40-,41-,42+/m0/s1. The van der Waals surface area contributed by atoms with E-state index < -0.39 is 66.2 Å². The number of aliphatic hydroxyl groups excluding tert-OH is 2. The third-order valence-electron chi connectivity index (χ3n) is 8.41. The maximum atomic E-state index is 12.6. The van der Waals surface area contributed by atoms with Gasteiger partial charge >= 0.3 is 27.6 Å². The largest absolute Gasteiger partial charge is 0.472 e. The minimum atomic E-state index is -4.88. The summed E-state index contributed by atoms with van der Waals surface area (Å²) >= 11 is 0. The van der Waals surface area contributed by atoms with E-state index in [0.29, 0.717) is 19.3 Å². The molecule has 0 saturated heterocycles. The summed E-state index contributed by atoms with van der Waals surface area (Å²) in [6.07, 6.45) is 41.0. The second-order valence-corrected chi connectivity index (χ2v) is 16.7. The topological polar surface area (TPSA) is 216 Å². The van der Waals surface area contributed by atoms with Gasteiger partial charge < -0.3 is 34.4 Å². The first kappa shape index (κ1) is 57.3. The van der Waals surface area contributed by atoms with E-state index in [9.17, 15) is 33.8 Å². The fourth-order valence-corrected chi connectivity index (χ4v) is 6.13. The van der Waals surface area contributed by atoms with Gasteiger partial charge in [0.05, 0.1) is 25.9 Å². The average molecular weight is 889 g/mol. The van der Waals surface area contributed by atoms with E-state index in [2.05, 4.69) is 88.9 Å². The zero-order valence-corrected chi connectivity index (χ0v) is 37.7. The number of unbranched alkanes of at least 4 members (excludes halogenated alkanes) is 6. The highest BCUT2D eigenvalue weighted by molar-refractivity contribution is 7.47. The summed E-state index contributed by atoms with van der Waals surface area (Å²) in [5.74, 6) is -1.17. The third-order valence-corrected chi connectivity index (χ3v) is 9.85. The number of esters is 2. The van der Waals surface area contributed by atoms with Crippen molar-refractivity contribution < 1.29 is 66.7 Å². The van der Waals surface area contributed by atoms with Crippen LogP contribution < -0.4 is 0 Å². The molecule has 0 rings (SSSR count). The van der Waals surface area contributed by atoms with Crippen molar-refractivity contribution in [2.75, 3.05) is 26.4 Å². The quantitative estimate of drug-likeness (QED) is 0.0168. The van der Waals surface area contributed by atoms with Gasteiger partial charge in [-0.1, -0.05) is 112 Å². The lowest BCUT2D eigenvalue weighted by Crippen LogP contribution is -2.29. The van der Waals surface area contributed by atoms with Crippen LogP contribution >= 0.6 is 15.6 Å². The number of hydrogen-bond donors (Lipinski definition) is 5. The van der Waals surface area contributed by atoms with Gasteiger partial charge in [0.1, 0.15) is 12.7 Å². The number of carbonyl (C=O) groups excluding carboxylic acids is 2. The summed E-state index contributed by atoms with van der Waals surface area (Å²) in [5, 5.41) is 19.3. The summed E-state index contributed by atoms with van der Waals surface area (Å²) in [6, 6.07) is 0. The number of hydrogen-bond acceptors (Lipinski definition) is 11. The highest BCUT2D eigenvalue weighted by Crippen LogP contribution is 2.43. The first-order chi connectivity index (χ1) is 28.8. The molecule has 0 fully saturated rings. The Morgan fingerprint density at radius 1 is 0.517 bits per heavy atom. The van der Waals surface area contributed by atoms with Gasteiger partial charge in [0.15, 0.2) is 6.10 Å². The molecular formula is C44H74O14P2. The van der Waals surface area contributed by atoms with Crippen molar-refractivity contribution in [3.8, 4) is 0 Å². The molecule has 0 saturated carbocycles. The summed E-state index contributed by atoms with van der Waals surface area (Å²) < 4.78 is 47.6. The monoisotopic (exact) mass is 888 g/mol. The lowest BCUT2D eigenvalue weighted by molar-refractivity contribution is -0.161. The molecule has 344 valence electrons. The predicted molar refractivity (Wildman–Crippen MR) is 236 cm³/mol. The highest BCUT2D eigenvalue weighted by atomic mass is 31.2. The molecule has 0 radical (unpaired) electrons. The van der Waals surface area contributed by atoms with Gasteiger partial charge in [-0.15, -0.1) is 0 Å². The van der Waals surface area contributed by atoms with Gasteiger partial charge in [-0.2, -0.15) is 0 Å². The molecular weight excluding hydrogens is 814 g/mol. The highest BCUT2D eigenvalue weighted by Gasteiger charge is 2.28. The van der Waals surface area contributed by atoms with Crippen molar-refractivity contribution in [1.82, 2.24) is 0 Å². The predicted octanol–water partition coefficient (Wildman–Crippen LogP) is 9.75. The lowest BCUT2D eigenvalue weighted by atomic mass is 10.1. The van der Waals surface area contributed by atoms with E-state index in [1.54, 1.807) is 0 Å². The average Bonchev–Trinajstić information content (AvgIpc) is 3.21. The first-order valence-electron chi connectivity index (χ1n) is 21.4. The van der Waals surface area contributed by atoms with Gasteiger partial charge in [0.25, 0.3) is 0 Å². The van der Waals surface area contributed by atoms with E-state index in [4.69, 9.17) is 23.8 Å². The van der Waals surface area contributed by atoms with E-state index in [0.717, 1.165) is 70.6 Å². The van der Waals surface area contributed by atoms with Gasteiger partial charge in [-0.3, -0.25) is 23.2 Å². The van der Waals surface area contributed by atoms with Gasteiger partial charge in [0.2, 0.25) is 0 Å². The molecule has 0 aliphatic rings. The zero-order valence-electron chi connectivity index (χ0n) is 35.9. The number of carbonyl (C=O) groups is 2. The molecule has 14 nitrogen and oxygen atoms in total. The second kappa shape index (κ2) is 39.1. The smallest absolute Gasteiger partial charge is 0.462 e. The van der Waals surface area contributed by atoms with Crippen LogP contribution in [-0.4, -0.2) is 81.6 Å². The van der Waals surface area contributed by atoms with Gasteiger partial charge in [0, 0.05) is 12.8 Å². The summed E-state index contributed by atoms with van der Waals surface area (Å²) in [5.41, 5.74) is 0. The van der Waals surface area contributed by atoms with Crippen LogP contribution in [0.25, 0.3) is 0 Å². The Balaban J connectivity index is 4.71. The number of phosphoric ester groups is 2. The Bertz CT molecular complexity index is 1400. The van der Waals surface area contributed by atoms with Crippen LogP contribution in [0.2, 0.25) is 0 Å². The van der Waals surface area contributed by atoms with Crippen molar-refractivity contribution in [3.63, 3.8) is 0 Å². The van der Waals surface area contributed by atoms with Crippen LogP contribution in [0, 0.1) is 0 Å². The molecule has 0 aromatic heterocycles. The first-order valence-corrected chi connectivity index (χ1v) is 24.4. The normalized spacial score (nSPS) is 15.4. The van der Waals surface area contributed by atoms with E-state index in [1.807, 2.05) is 19.1 Å². The maximum absolute atomic E-state index is 12.6. The fourth-order valence-electron chi connectivity index (χ4n) is 4.97. The summed E-state index contributed by atoms with van der Waals surface area (Å²) in [7, 11) is -9.72. The van der Waals surface area contributed by atoms with Crippen molar-refractivity contribution in [2.45, 2.75) is 154 Å². The molecule has 5 N–H and O–H groups in total. The fraction of sp³-hybridized carbons (Fsp3) is 0.636. The van der Waals surface area contributed by atoms with E-state index in [1.165, 1.54) is 19.3 Å². The molecule has 0 bridgehead atoms. The molecule has 0 heterocycles. The third kappa shape index (κ3) is 42.0. The van der Waals surface area contributed by atoms with Gasteiger partial charge in [-0.05, 0) is 96.3 Å². The summed E-state index contributed by atoms with van der Waals surface area (Å²) in [4.78, 5) is 52.6. The van der Waals surface area contributed by atoms with Crippen molar-refractivity contribution in [2.24, 2.45) is 0 Å². The molecule has 16 heteroatoms. The molecule has 4 atom stereocenters. The Kier molecular flexibility index (Phi) is 37.3. The molecule has 1 unspecified atom stereocenters. The Labute approximate surface area is 359 Å². The van der Waals surface area contributed by atoms with Crippen LogP contribution in [-0.2, 0) is 41.8 Å². The minimum Gasteiger partial charge on any atom is -0.462 e. The Morgan fingerprint density at radius 3 is 1.48 bits per heavy atom. The Hall–Kier alpha value is -2.74. The molecule has 0 aliphatic heterocycles. The number of ether oxygens (including phenoxy) is 2. The van der Waals surface area contributed by atoms with Crippen molar-refractivity contribution in [1.29, 1.82) is 0 Å². The number of rotatable bonds is 39. The van der Waals surface area contributed by atoms with E-state index in [-0.39, 0.29) is 18.9 Å². The maximum Gasteiger partial charge on any atom is 0.472 e. The SMILES string of the molecule is CCCCC/C=C\C/C=C\C/C=C\CCCCC(=O)O[C@H](COC(=O)CCC/C=C\C/C=C\C/C=C\C/C=C\CC[C@@H](O)CC)COP(=O)(O)OC[C@@H](O)COP(=O)(O)O. The molecule has 0 amide bonds. The van der Waals surface area contributed by atoms with Crippen LogP contribution in [0.1, 0.15) is 136 Å². The Morgan fingerprint density at radius 2 is 0.967 bits per heavy atom. The van der Waals surface area contributed by atoms with E-state index >= 15 is 0 Å². The van der Waals surface area contributed by atoms with Gasteiger partial charge in [-0.25, -0.2) is 9.13 Å². The summed E-state index contributed by atoms with van der Waals surface area (Å²) in [6.45, 7) is 1.31. The lowest BCUT2D eigenvalue weighted by Gasteiger charge is -2.20.